The van der Waals surface area contributed by atoms with E-state index in [-0.39, 0.29) is 24.2 Å². The molecule has 2 aliphatic rings. The van der Waals surface area contributed by atoms with Crippen molar-refractivity contribution in [3.8, 4) is 0 Å². The number of halogens is 4. The van der Waals surface area contributed by atoms with Crippen LogP contribution < -0.4 is 0 Å². The van der Waals surface area contributed by atoms with Crippen LogP contribution in [0.3, 0.4) is 0 Å². The molecular weight excluding hydrogens is 289 g/mol. The van der Waals surface area contributed by atoms with E-state index in [4.69, 9.17) is 23.2 Å². The SMILES string of the molecule is FC1(F)CCCC(CC(CCl)(CCl)C2CCCC2)C1. The first-order valence-corrected chi connectivity index (χ1v) is 8.58. The topological polar surface area (TPSA) is 0 Å². The summed E-state index contributed by atoms with van der Waals surface area (Å²) in [7, 11) is 0. The van der Waals surface area contributed by atoms with Crippen molar-refractivity contribution in [3.05, 3.63) is 0 Å². The molecule has 0 bridgehead atoms. The molecule has 1 unspecified atom stereocenters. The van der Waals surface area contributed by atoms with Gasteiger partial charge < -0.3 is 0 Å². The summed E-state index contributed by atoms with van der Waals surface area (Å²) in [5.74, 6) is -0.796. The third-order valence-corrected chi connectivity index (χ3v) is 6.26. The van der Waals surface area contributed by atoms with Gasteiger partial charge in [-0.2, -0.15) is 0 Å². The Hall–Kier alpha value is 0.440. The Morgan fingerprint density at radius 2 is 1.63 bits per heavy atom. The summed E-state index contributed by atoms with van der Waals surface area (Å²) in [5.41, 5.74) is -0.113. The molecule has 4 heteroatoms. The van der Waals surface area contributed by atoms with E-state index in [2.05, 4.69) is 0 Å². The lowest BCUT2D eigenvalue weighted by atomic mass is 9.68. The van der Waals surface area contributed by atoms with Gasteiger partial charge in [0.2, 0.25) is 5.92 Å². The summed E-state index contributed by atoms with van der Waals surface area (Å²) in [4.78, 5) is 0. The first-order chi connectivity index (χ1) is 9.01. The van der Waals surface area contributed by atoms with Crippen LogP contribution in [0.15, 0.2) is 0 Å². The molecule has 0 heterocycles. The van der Waals surface area contributed by atoms with Crippen molar-refractivity contribution >= 4 is 23.2 Å². The van der Waals surface area contributed by atoms with Gasteiger partial charge >= 0.3 is 0 Å². The van der Waals surface area contributed by atoms with Gasteiger partial charge in [-0.05, 0) is 43.9 Å². The zero-order chi connectivity index (χ0) is 13.9. The minimum absolute atomic E-state index is 0.0370. The Morgan fingerprint density at radius 1 is 1.00 bits per heavy atom. The van der Waals surface area contributed by atoms with Crippen LogP contribution in [0.5, 0.6) is 0 Å². The molecule has 0 aromatic heterocycles. The van der Waals surface area contributed by atoms with E-state index in [0.717, 1.165) is 12.8 Å². The zero-order valence-corrected chi connectivity index (χ0v) is 13.0. The van der Waals surface area contributed by atoms with Crippen LogP contribution >= 0.6 is 23.2 Å². The monoisotopic (exact) mass is 312 g/mol. The van der Waals surface area contributed by atoms with Crippen LogP contribution in [0.2, 0.25) is 0 Å². The van der Waals surface area contributed by atoms with E-state index < -0.39 is 5.92 Å². The van der Waals surface area contributed by atoms with E-state index in [1.165, 1.54) is 25.7 Å². The predicted octanol–water partition coefficient (Wildman–Crippen LogP) is 5.86. The highest BCUT2D eigenvalue weighted by Gasteiger charge is 2.44. The summed E-state index contributed by atoms with van der Waals surface area (Å²) < 4.78 is 27.1. The summed E-state index contributed by atoms with van der Waals surface area (Å²) in [6.07, 6.45) is 7.26. The fraction of sp³-hybridized carbons (Fsp3) is 1.00. The highest BCUT2D eigenvalue weighted by molar-refractivity contribution is 6.21. The van der Waals surface area contributed by atoms with E-state index in [9.17, 15) is 8.78 Å². The predicted molar refractivity (Wildman–Crippen MR) is 77.4 cm³/mol. The van der Waals surface area contributed by atoms with E-state index in [1.54, 1.807) is 0 Å². The third-order valence-electron chi connectivity index (χ3n) is 5.19. The van der Waals surface area contributed by atoms with Gasteiger partial charge in [0.05, 0.1) is 0 Å². The van der Waals surface area contributed by atoms with Crippen molar-refractivity contribution in [1.29, 1.82) is 0 Å². The standard InChI is InChI=1S/C15H24Cl2F2/c16-10-14(11-17,13-5-1-2-6-13)8-12-4-3-7-15(18,19)9-12/h12-13H,1-11H2. The van der Waals surface area contributed by atoms with Gasteiger partial charge in [-0.3, -0.25) is 0 Å². The molecule has 0 aromatic carbocycles. The highest BCUT2D eigenvalue weighted by Crippen LogP contribution is 2.49. The maximum Gasteiger partial charge on any atom is 0.248 e. The summed E-state index contributed by atoms with van der Waals surface area (Å²) in [6.45, 7) is 0. The largest absolute Gasteiger partial charge is 0.248 e. The molecule has 0 nitrogen and oxygen atoms in total. The van der Waals surface area contributed by atoms with Crippen LogP contribution in [0.25, 0.3) is 0 Å². The molecule has 0 saturated heterocycles. The molecule has 2 rings (SSSR count). The lowest BCUT2D eigenvalue weighted by molar-refractivity contribution is -0.0602. The van der Waals surface area contributed by atoms with Crippen LogP contribution in [0.1, 0.15) is 57.8 Å². The van der Waals surface area contributed by atoms with Crippen molar-refractivity contribution in [2.24, 2.45) is 17.3 Å². The van der Waals surface area contributed by atoms with Gasteiger partial charge in [0.15, 0.2) is 0 Å². The summed E-state index contributed by atoms with van der Waals surface area (Å²) >= 11 is 12.4. The lowest BCUT2D eigenvalue weighted by Gasteiger charge is -2.41. The first kappa shape index (κ1) is 15.8. The Labute approximate surface area is 125 Å². The number of hydrogen-bond acceptors (Lipinski definition) is 0. The van der Waals surface area contributed by atoms with Crippen LogP contribution in [-0.4, -0.2) is 17.7 Å². The molecule has 2 saturated carbocycles. The van der Waals surface area contributed by atoms with Gasteiger partial charge in [0, 0.05) is 30.0 Å². The zero-order valence-electron chi connectivity index (χ0n) is 11.4. The number of alkyl halides is 4. The molecule has 19 heavy (non-hydrogen) atoms. The number of hydrogen-bond donors (Lipinski definition) is 0. The molecule has 2 fully saturated rings. The lowest BCUT2D eigenvalue weighted by Crippen LogP contribution is -2.38. The van der Waals surface area contributed by atoms with E-state index >= 15 is 0 Å². The molecule has 0 spiro atoms. The molecule has 1 atom stereocenters. The third kappa shape index (κ3) is 3.75. The maximum absolute atomic E-state index is 13.5. The Morgan fingerprint density at radius 3 is 2.16 bits per heavy atom. The van der Waals surface area contributed by atoms with Crippen molar-refractivity contribution in [2.75, 3.05) is 11.8 Å². The normalized spacial score (nSPS) is 28.7. The molecule has 112 valence electrons. The summed E-state index contributed by atoms with van der Waals surface area (Å²) in [5, 5.41) is 0. The molecule has 0 N–H and O–H groups in total. The second-order valence-corrected chi connectivity index (χ2v) is 7.17. The van der Waals surface area contributed by atoms with Crippen LogP contribution in [0.4, 0.5) is 8.78 Å². The Balaban J connectivity index is 2.03. The minimum atomic E-state index is -2.47. The van der Waals surface area contributed by atoms with E-state index in [1.807, 2.05) is 0 Å². The second kappa shape index (κ2) is 6.47. The fourth-order valence-corrected chi connectivity index (χ4v) is 5.03. The number of rotatable bonds is 5. The van der Waals surface area contributed by atoms with Crippen molar-refractivity contribution < 1.29 is 8.78 Å². The van der Waals surface area contributed by atoms with Crippen molar-refractivity contribution in [3.63, 3.8) is 0 Å². The van der Waals surface area contributed by atoms with Crippen molar-refractivity contribution in [1.82, 2.24) is 0 Å². The van der Waals surface area contributed by atoms with Gasteiger partial charge in [-0.15, -0.1) is 23.2 Å². The molecule has 2 aliphatic carbocycles. The quantitative estimate of drug-likeness (QED) is 0.558. The Kier molecular flexibility index (Phi) is 5.39. The molecule has 0 amide bonds. The molecule has 0 aromatic rings. The second-order valence-electron chi connectivity index (χ2n) is 6.63. The molecule has 0 radical (unpaired) electrons. The minimum Gasteiger partial charge on any atom is -0.207 e. The van der Waals surface area contributed by atoms with E-state index in [0.29, 0.717) is 24.1 Å². The molecule has 0 aliphatic heterocycles. The summed E-state index contributed by atoms with van der Waals surface area (Å²) in [6, 6.07) is 0. The van der Waals surface area contributed by atoms with Gasteiger partial charge in [0.25, 0.3) is 0 Å². The van der Waals surface area contributed by atoms with Crippen molar-refractivity contribution in [2.45, 2.75) is 63.7 Å². The van der Waals surface area contributed by atoms with Crippen LogP contribution in [-0.2, 0) is 0 Å². The maximum atomic E-state index is 13.5. The Bertz CT molecular complexity index is 284. The van der Waals surface area contributed by atoms with Crippen LogP contribution in [0, 0.1) is 17.3 Å². The van der Waals surface area contributed by atoms with Gasteiger partial charge in [0.1, 0.15) is 0 Å². The molecular formula is C15H24Cl2F2. The average Bonchev–Trinajstić information content (AvgIpc) is 2.89. The highest BCUT2D eigenvalue weighted by atomic mass is 35.5. The smallest absolute Gasteiger partial charge is 0.207 e. The fourth-order valence-electron chi connectivity index (χ4n) is 4.09. The average molecular weight is 313 g/mol. The first-order valence-electron chi connectivity index (χ1n) is 7.51. The van der Waals surface area contributed by atoms with Gasteiger partial charge in [-0.1, -0.05) is 12.8 Å². The van der Waals surface area contributed by atoms with Gasteiger partial charge in [-0.25, -0.2) is 8.78 Å².